The van der Waals surface area contributed by atoms with E-state index in [1.54, 1.807) is 22.8 Å². The van der Waals surface area contributed by atoms with Crippen molar-refractivity contribution in [2.45, 2.75) is 38.1 Å². The fourth-order valence-electron chi connectivity index (χ4n) is 2.81. The van der Waals surface area contributed by atoms with Crippen molar-refractivity contribution in [1.29, 1.82) is 0 Å². The first-order valence-corrected chi connectivity index (χ1v) is 10.2. The maximum atomic E-state index is 12.8. The topological polar surface area (TPSA) is 61.2 Å². The maximum absolute atomic E-state index is 12.8. The molecule has 0 saturated heterocycles. The summed E-state index contributed by atoms with van der Waals surface area (Å²) in [6.45, 7) is -0.341. The van der Waals surface area contributed by atoms with E-state index in [-0.39, 0.29) is 22.8 Å². The minimum atomic E-state index is -2.91. The SMILES string of the molecule is CCCCn1c(SCC(=O)c2ccc(OC(F)F)cc2)nc2ccccc2c1=O. The van der Waals surface area contributed by atoms with Crippen LogP contribution in [0, 0.1) is 0 Å². The standard InChI is InChI=1S/C21H20F2N2O3S/c1-2-3-12-25-19(27)16-6-4-5-7-17(16)24-21(25)29-13-18(26)14-8-10-15(11-9-14)28-20(22)23/h4-11,20H,2-3,12-13H2,1H3. The zero-order valence-corrected chi connectivity index (χ0v) is 16.6. The van der Waals surface area contributed by atoms with E-state index < -0.39 is 6.61 Å². The summed E-state index contributed by atoms with van der Waals surface area (Å²) in [5.41, 5.74) is 0.851. The van der Waals surface area contributed by atoms with Gasteiger partial charge in [-0.15, -0.1) is 0 Å². The Labute approximate surface area is 170 Å². The molecular formula is C21H20F2N2O3S. The summed E-state index contributed by atoms with van der Waals surface area (Å²) >= 11 is 1.20. The Bertz CT molecular complexity index is 1050. The van der Waals surface area contributed by atoms with Gasteiger partial charge in [0, 0.05) is 12.1 Å². The Morgan fingerprint density at radius 1 is 1.17 bits per heavy atom. The van der Waals surface area contributed by atoms with Crippen molar-refractivity contribution in [2.75, 3.05) is 5.75 Å². The van der Waals surface area contributed by atoms with E-state index >= 15 is 0 Å². The second kappa shape index (κ2) is 9.65. The smallest absolute Gasteiger partial charge is 0.387 e. The van der Waals surface area contributed by atoms with Gasteiger partial charge < -0.3 is 4.74 Å². The number of halogens is 2. The van der Waals surface area contributed by atoms with E-state index in [0.29, 0.717) is 28.2 Å². The molecule has 0 saturated carbocycles. The number of rotatable bonds is 9. The van der Waals surface area contributed by atoms with Crippen LogP contribution in [0.2, 0.25) is 0 Å². The number of thioether (sulfide) groups is 1. The van der Waals surface area contributed by atoms with E-state index in [9.17, 15) is 18.4 Å². The number of fused-ring (bicyclic) bond motifs is 1. The molecule has 0 atom stereocenters. The minimum absolute atomic E-state index is 0.00574. The van der Waals surface area contributed by atoms with Gasteiger partial charge in [-0.1, -0.05) is 37.2 Å². The highest BCUT2D eigenvalue weighted by Gasteiger charge is 2.14. The zero-order chi connectivity index (χ0) is 20.8. The van der Waals surface area contributed by atoms with Gasteiger partial charge in [0.2, 0.25) is 0 Å². The van der Waals surface area contributed by atoms with Gasteiger partial charge in [-0.05, 0) is 42.8 Å². The summed E-state index contributed by atoms with van der Waals surface area (Å²) in [7, 11) is 0. The molecule has 8 heteroatoms. The van der Waals surface area contributed by atoms with Crippen molar-refractivity contribution >= 4 is 28.4 Å². The molecule has 0 unspecified atom stereocenters. The van der Waals surface area contributed by atoms with Crippen molar-refractivity contribution in [3.8, 4) is 5.75 Å². The third kappa shape index (κ3) is 5.20. The van der Waals surface area contributed by atoms with Crippen molar-refractivity contribution in [3.05, 3.63) is 64.4 Å². The molecule has 0 aliphatic heterocycles. The van der Waals surface area contributed by atoms with Crippen LogP contribution >= 0.6 is 11.8 Å². The van der Waals surface area contributed by atoms with E-state index in [2.05, 4.69) is 9.72 Å². The molecule has 1 heterocycles. The number of ether oxygens (including phenoxy) is 1. The van der Waals surface area contributed by atoms with Gasteiger partial charge >= 0.3 is 6.61 Å². The lowest BCUT2D eigenvalue weighted by molar-refractivity contribution is -0.0498. The van der Waals surface area contributed by atoms with E-state index in [4.69, 9.17) is 0 Å². The van der Waals surface area contributed by atoms with Gasteiger partial charge in [-0.2, -0.15) is 8.78 Å². The Hall–Kier alpha value is -2.74. The fourth-order valence-corrected chi connectivity index (χ4v) is 3.73. The first-order valence-electron chi connectivity index (χ1n) is 9.20. The molecule has 2 aromatic carbocycles. The van der Waals surface area contributed by atoms with Gasteiger partial charge in [-0.25, -0.2) is 4.98 Å². The maximum Gasteiger partial charge on any atom is 0.387 e. The monoisotopic (exact) mass is 418 g/mol. The summed E-state index contributed by atoms with van der Waals surface area (Å²) in [6.07, 6.45) is 1.75. The predicted octanol–water partition coefficient (Wildman–Crippen LogP) is 4.77. The summed E-state index contributed by atoms with van der Waals surface area (Å²) < 4.78 is 30.4. The molecule has 5 nitrogen and oxygen atoms in total. The molecule has 0 fully saturated rings. The van der Waals surface area contributed by atoms with Crippen LogP contribution in [0.4, 0.5) is 8.78 Å². The largest absolute Gasteiger partial charge is 0.435 e. The van der Waals surface area contributed by atoms with E-state index in [1.165, 1.54) is 36.0 Å². The molecule has 0 aliphatic carbocycles. The normalized spacial score (nSPS) is 11.2. The molecule has 0 N–H and O–H groups in total. The number of carbonyl (C=O) groups excluding carboxylic acids is 1. The first kappa shape index (κ1) is 21.0. The summed E-state index contributed by atoms with van der Waals surface area (Å²) in [6, 6.07) is 12.7. The minimum Gasteiger partial charge on any atom is -0.435 e. The second-order valence-electron chi connectivity index (χ2n) is 6.34. The van der Waals surface area contributed by atoms with E-state index in [0.717, 1.165) is 12.8 Å². The molecule has 0 bridgehead atoms. The average Bonchev–Trinajstić information content (AvgIpc) is 2.71. The molecule has 0 radical (unpaired) electrons. The molecule has 29 heavy (non-hydrogen) atoms. The lowest BCUT2D eigenvalue weighted by Crippen LogP contribution is -2.24. The zero-order valence-electron chi connectivity index (χ0n) is 15.8. The third-order valence-corrected chi connectivity index (χ3v) is 5.27. The summed E-state index contributed by atoms with van der Waals surface area (Å²) in [4.78, 5) is 29.9. The van der Waals surface area contributed by atoms with Gasteiger partial charge in [0.25, 0.3) is 5.56 Å². The number of carbonyl (C=O) groups is 1. The number of hydrogen-bond acceptors (Lipinski definition) is 5. The Kier molecular flexibility index (Phi) is 6.98. The number of para-hydroxylation sites is 1. The predicted molar refractivity (Wildman–Crippen MR) is 109 cm³/mol. The van der Waals surface area contributed by atoms with Crippen LogP contribution in [0.1, 0.15) is 30.1 Å². The molecule has 0 spiro atoms. The van der Waals surface area contributed by atoms with Crippen LogP contribution in [-0.2, 0) is 6.54 Å². The third-order valence-electron chi connectivity index (χ3n) is 4.30. The van der Waals surface area contributed by atoms with Gasteiger partial charge in [0.05, 0.1) is 16.7 Å². The van der Waals surface area contributed by atoms with Gasteiger partial charge in [0.15, 0.2) is 10.9 Å². The highest BCUT2D eigenvalue weighted by molar-refractivity contribution is 7.99. The fraction of sp³-hybridized carbons (Fsp3) is 0.286. The van der Waals surface area contributed by atoms with Crippen LogP contribution in [0.15, 0.2) is 58.5 Å². The number of unbranched alkanes of at least 4 members (excludes halogenated alkanes) is 1. The van der Waals surface area contributed by atoms with Crippen LogP contribution in [0.5, 0.6) is 5.75 Å². The molecule has 0 aliphatic rings. The van der Waals surface area contributed by atoms with Crippen LogP contribution in [0.3, 0.4) is 0 Å². The number of alkyl halides is 2. The van der Waals surface area contributed by atoms with Crippen molar-refractivity contribution in [1.82, 2.24) is 9.55 Å². The van der Waals surface area contributed by atoms with Crippen molar-refractivity contribution in [2.24, 2.45) is 0 Å². The van der Waals surface area contributed by atoms with Crippen LogP contribution < -0.4 is 10.3 Å². The molecule has 0 amide bonds. The number of ketones is 1. The van der Waals surface area contributed by atoms with Crippen molar-refractivity contribution in [3.63, 3.8) is 0 Å². The molecule has 1 aromatic heterocycles. The Balaban J connectivity index is 1.80. The number of benzene rings is 2. The highest BCUT2D eigenvalue weighted by Crippen LogP contribution is 2.21. The second-order valence-corrected chi connectivity index (χ2v) is 7.28. The lowest BCUT2D eigenvalue weighted by atomic mass is 10.1. The lowest BCUT2D eigenvalue weighted by Gasteiger charge is -2.12. The summed E-state index contributed by atoms with van der Waals surface area (Å²) in [5.74, 6) is -0.122. The van der Waals surface area contributed by atoms with Gasteiger partial charge in [0.1, 0.15) is 5.75 Å². The quantitative estimate of drug-likeness (QED) is 0.285. The Morgan fingerprint density at radius 2 is 1.90 bits per heavy atom. The first-order chi connectivity index (χ1) is 14.0. The van der Waals surface area contributed by atoms with E-state index in [1.807, 2.05) is 13.0 Å². The molecule has 152 valence electrons. The molecule has 3 rings (SSSR count). The average molecular weight is 418 g/mol. The van der Waals surface area contributed by atoms with Crippen LogP contribution in [-0.4, -0.2) is 27.7 Å². The van der Waals surface area contributed by atoms with Crippen molar-refractivity contribution < 1.29 is 18.3 Å². The number of Topliss-reactive ketones (excluding diaryl/α,β-unsaturated/α-hetero) is 1. The Morgan fingerprint density at radius 3 is 2.59 bits per heavy atom. The molecular weight excluding hydrogens is 398 g/mol. The molecule has 3 aromatic rings. The van der Waals surface area contributed by atoms with Crippen LogP contribution in [0.25, 0.3) is 10.9 Å². The summed E-state index contributed by atoms with van der Waals surface area (Å²) in [5, 5.41) is 1.04. The highest BCUT2D eigenvalue weighted by atomic mass is 32.2. The number of hydrogen-bond donors (Lipinski definition) is 0. The number of aromatic nitrogens is 2. The van der Waals surface area contributed by atoms with Gasteiger partial charge in [-0.3, -0.25) is 14.2 Å². The number of nitrogens with zero attached hydrogens (tertiary/aromatic N) is 2.